The highest BCUT2D eigenvalue weighted by atomic mass is 16.2. The first-order valence-corrected chi connectivity index (χ1v) is 12.1. The second-order valence-corrected chi connectivity index (χ2v) is 10.8. The SMILES string of the molecule is C=C1CN(CC(C)C)C(=O)CN(CC(C)C)C(=O)CN(CC(C)C)C(=O)CN1CC(C)C. The van der Waals surface area contributed by atoms with E-state index in [0.29, 0.717) is 38.6 Å². The summed E-state index contributed by atoms with van der Waals surface area (Å²) in [5, 5.41) is 0. The van der Waals surface area contributed by atoms with Crippen LogP contribution in [0.5, 0.6) is 0 Å². The van der Waals surface area contributed by atoms with Crippen molar-refractivity contribution in [2.45, 2.75) is 55.4 Å². The standard InChI is InChI=1S/C25H46N4O3/c1-18(2)10-26-15-23(30)28(12-20(5)6)17-25(32)29(13-21(7)8)16-24(31)27(11-19(3)4)14-22(26)9/h18-21H,9-17H2,1-8H3. The predicted octanol–water partition coefficient (Wildman–Crippen LogP) is 2.93. The Morgan fingerprint density at radius 1 is 0.531 bits per heavy atom. The molecular formula is C25H46N4O3. The number of carbonyl (C=O) groups is 3. The third-order valence-corrected chi connectivity index (χ3v) is 5.20. The van der Waals surface area contributed by atoms with Crippen LogP contribution in [-0.2, 0) is 14.4 Å². The van der Waals surface area contributed by atoms with Crippen molar-refractivity contribution >= 4 is 17.7 Å². The first kappa shape index (κ1) is 28.0. The van der Waals surface area contributed by atoms with Crippen LogP contribution in [0.15, 0.2) is 12.3 Å². The molecule has 3 amide bonds. The minimum atomic E-state index is -0.166. The summed E-state index contributed by atoms with van der Waals surface area (Å²) in [5.74, 6) is 0.785. The third kappa shape index (κ3) is 9.61. The van der Waals surface area contributed by atoms with E-state index in [1.165, 1.54) is 0 Å². The lowest BCUT2D eigenvalue weighted by Crippen LogP contribution is -2.53. The molecule has 0 spiro atoms. The van der Waals surface area contributed by atoms with E-state index in [1.807, 2.05) is 32.6 Å². The Morgan fingerprint density at radius 2 is 0.781 bits per heavy atom. The molecule has 0 bridgehead atoms. The number of carbonyl (C=O) groups excluding carboxylic acids is 3. The van der Waals surface area contributed by atoms with Gasteiger partial charge in [-0.3, -0.25) is 14.4 Å². The molecule has 184 valence electrons. The second kappa shape index (κ2) is 12.9. The van der Waals surface area contributed by atoms with E-state index in [4.69, 9.17) is 0 Å². The fourth-order valence-electron chi connectivity index (χ4n) is 3.94. The van der Waals surface area contributed by atoms with Crippen LogP contribution in [0.1, 0.15) is 55.4 Å². The first-order valence-electron chi connectivity index (χ1n) is 12.1. The lowest BCUT2D eigenvalue weighted by Gasteiger charge is -2.37. The highest BCUT2D eigenvalue weighted by Gasteiger charge is 2.29. The fraction of sp³-hybridized carbons (Fsp3) is 0.800. The molecule has 1 heterocycles. The number of rotatable bonds is 8. The van der Waals surface area contributed by atoms with Crippen LogP contribution >= 0.6 is 0 Å². The zero-order chi connectivity index (χ0) is 24.6. The van der Waals surface area contributed by atoms with Gasteiger partial charge in [-0.05, 0) is 23.7 Å². The summed E-state index contributed by atoms with van der Waals surface area (Å²) < 4.78 is 0. The maximum absolute atomic E-state index is 13.3. The smallest absolute Gasteiger partial charge is 0.242 e. The molecule has 32 heavy (non-hydrogen) atoms. The Kier molecular flexibility index (Phi) is 11.2. The zero-order valence-electron chi connectivity index (χ0n) is 21.7. The molecule has 1 saturated heterocycles. The number of hydrogen-bond donors (Lipinski definition) is 0. The van der Waals surface area contributed by atoms with Crippen molar-refractivity contribution in [2.75, 3.05) is 52.4 Å². The minimum Gasteiger partial charge on any atom is -0.364 e. The summed E-state index contributed by atoms with van der Waals surface area (Å²) in [6.07, 6.45) is 0. The Hall–Kier alpha value is -2.05. The van der Waals surface area contributed by atoms with Gasteiger partial charge in [0.25, 0.3) is 0 Å². The molecule has 0 unspecified atom stereocenters. The van der Waals surface area contributed by atoms with Gasteiger partial charge in [-0.25, -0.2) is 0 Å². The molecule has 0 atom stereocenters. The summed E-state index contributed by atoms with van der Waals surface area (Å²) in [7, 11) is 0. The van der Waals surface area contributed by atoms with Gasteiger partial charge >= 0.3 is 0 Å². The predicted molar refractivity (Wildman–Crippen MR) is 130 cm³/mol. The van der Waals surface area contributed by atoms with E-state index in [0.717, 1.165) is 5.70 Å². The highest BCUT2D eigenvalue weighted by Crippen LogP contribution is 2.14. The highest BCUT2D eigenvalue weighted by molar-refractivity contribution is 5.89. The number of nitrogens with zero attached hydrogens (tertiary/aromatic N) is 4. The van der Waals surface area contributed by atoms with Crippen molar-refractivity contribution < 1.29 is 14.4 Å². The molecule has 1 aliphatic rings. The third-order valence-electron chi connectivity index (χ3n) is 5.20. The van der Waals surface area contributed by atoms with Crippen LogP contribution in [0.2, 0.25) is 0 Å². The van der Waals surface area contributed by atoms with E-state index in [-0.39, 0.29) is 55.1 Å². The second-order valence-electron chi connectivity index (χ2n) is 10.8. The van der Waals surface area contributed by atoms with Crippen molar-refractivity contribution in [1.29, 1.82) is 0 Å². The van der Waals surface area contributed by atoms with Gasteiger partial charge in [-0.2, -0.15) is 0 Å². The van der Waals surface area contributed by atoms with Crippen LogP contribution in [0.25, 0.3) is 0 Å². The molecule has 7 heteroatoms. The quantitative estimate of drug-likeness (QED) is 0.570. The van der Waals surface area contributed by atoms with Crippen molar-refractivity contribution in [3.63, 3.8) is 0 Å². The lowest BCUT2D eigenvalue weighted by atomic mass is 10.1. The largest absolute Gasteiger partial charge is 0.364 e. The molecule has 1 rings (SSSR count). The Bertz CT molecular complexity index is 546. The van der Waals surface area contributed by atoms with Gasteiger partial charge in [0, 0.05) is 31.9 Å². The minimum absolute atomic E-state index is 0.00316. The molecule has 1 aliphatic heterocycles. The van der Waals surface area contributed by atoms with Crippen LogP contribution in [0.4, 0.5) is 0 Å². The number of hydrogen-bond acceptors (Lipinski definition) is 4. The maximum atomic E-state index is 13.3. The van der Waals surface area contributed by atoms with Gasteiger partial charge in [-0.1, -0.05) is 62.0 Å². The molecule has 1 fully saturated rings. The lowest BCUT2D eigenvalue weighted by molar-refractivity contribution is -0.145. The summed E-state index contributed by atoms with van der Waals surface area (Å²) in [5.41, 5.74) is 0.771. The molecule has 7 nitrogen and oxygen atoms in total. The molecule has 0 aromatic carbocycles. The van der Waals surface area contributed by atoms with Crippen molar-refractivity contribution in [3.8, 4) is 0 Å². The van der Waals surface area contributed by atoms with E-state index >= 15 is 0 Å². The van der Waals surface area contributed by atoms with E-state index in [9.17, 15) is 14.4 Å². The molecule has 0 radical (unpaired) electrons. The molecule has 0 saturated carbocycles. The molecule has 0 aromatic rings. The van der Waals surface area contributed by atoms with E-state index in [2.05, 4.69) is 34.3 Å². The van der Waals surface area contributed by atoms with Gasteiger partial charge in [0.2, 0.25) is 17.7 Å². The summed E-state index contributed by atoms with van der Waals surface area (Å²) in [6, 6.07) is 0. The fourth-order valence-corrected chi connectivity index (χ4v) is 3.94. The van der Waals surface area contributed by atoms with Crippen LogP contribution in [-0.4, -0.2) is 89.7 Å². The average molecular weight is 451 g/mol. The zero-order valence-corrected chi connectivity index (χ0v) is 21.7. The molecule has 0 N–H and O–H groups in total. The summed E-state index contributed by atoms with van der Waals surface area (Å²) in [4.78, 5) is 46.9. The monoisotopic (exact) mass is 450 g/mol. The van der Waals surface area contributed by atoms with Crippen molar-refractivity contribution in [2.24, 2.45) is 23.7 Å². The van der Waals surface area contributed by atoms with Gasteiger partial charge in [0.1, 0.15) is 0 Å². The normalized spacial score (nSPS) is 17.9. The molecule has 0 aromatic heterocycles. The van der Waals surface area contributed by atoms with Crippen LogP contribution < -0.4 is 0 Å². The summed E-state index contributed by atoms with van der Waals surface area (Å²) >= 11 is 0. The van der Waals surface area contributed by atoms with Gasteiger partial charge in [-0.15, -0.1) is 0 Å². The Morgan fingerprint density at radius 3 is 1.09 bits per heavy atom. The van der Waals surface area contributed by atoms with Gasteiger partial charge in [0.05, 0.1) is 26.2 Å². The Labute approximate surface area is 195 Å². The maximum Gasteiger partial charge on any atom is 0.242 e. The van der Waals surface area contributed by atoms with Gasteiger partial charge in [0.15, 0.2) is 0 Å². The Balaban J connectivity index is 3.35. The van der Waals surface area contributed by atoms with Crippen LogP contribution in [0.3, 0.4) is 0 Å². The number of amides is 3. The van der Waals surface area contributed by atoms with E-state index < -0.39 is 0 Å². The van der Waals surface area contributed by atoms with Crippen molar-refractivity contribution in [3.05, 3.63) is 12.3 Å². The summed E-state index contributed by atoms with van der Waals surface area (Å²) in [6.45, 7) is 23.6. The molecule has 0 aliphatic carbocycles. The van der Waals surface area contributed by atoms with E-state index in [1.54, 1.807) is 14.7 Å². The molecular weight excluding hydrogens is 404 g/mol. The van der Waals surface area contributed by atoms with Crippen LogP contribution in [0, 0.1) is 23.7 Å². The average Bonchev–Trinajstić information content (AvgIpc) is 2.63. The van der Waals surface area contributed by atoms with Gasteiger partial charge < -0.3 is 19.6 Å². The topological polar surface area (TPSA) is 64.2 Å². The first-order chi connectivity index (χ1) is 14.8. The van der Waals surface area contributed by atoms with Crippen molar-refractivity contribution in [1.82, 2.24) is 19.6 Å².